The first-order valence-corrected chi connectivity index (χ1v) is 6.98. The first-order valence-electron chi connectivity index (χ1n) is 6.19. The van der Waals surface area contributed by atoms with Crippen molar-refractivity contribution in [3.05, 3.63) is 52.0 Å². The van der Waals surface area contributed by atoms with Crippen LogP contribution in [0.2, 0.25) is 0 Å². The lowest BCUT2D eigenvalue weighted by Crippen LogP contribution is -2.19. The van der Waals surface area contributed by atoms with Crippen molar-refractivity contribution in [2.24, 2.45) is 5.73 Å². The average molecular weight is 333 g/mol. The lowest BCUT2D eigenvalue weighted by atomic mass is 10.1. The van der Waals surface area contributed by atoms with Crippen molar-refractivity contribution in [1.29, 1.82) is 0 Å². The Morgan fingerprint density at radius 1 is 1.25 bits per heavy atom. The Bertz CT molecular complexity index is 700. The number of amides is 1. The molecule has 0 aliphatic carbocycles. The highest BCUT2D eigenvalue weighted by Crippen LogP contribution is 2.35. The molecule has 1 aliphatic rings. The van der Waals surface area contributed by atoms with Crippen LogP contribution in [0, 0.1) is 6.92 Å². The van der Waals surface area contributed by atoms with Gasteiger partial charge in [-0.2, -0.15) is 0 Å². The first kappa shape index (κ1) is 13.1. The van der Waals surface area contributed by atoms with Gasteiger partial charge in [0.15, 0.2) is 0 Å². The maximum atomic E-state index is 11.5. The van der Waals surface area contributed by atoms with E-state index in [9.17, 15) is 4.79 Å². The lowest BCUT2D eigenvalue weighted by molar-refractivity contribution is -0.116. The predicted molar refractivity (Wildman–Crippen MR) is 81.0 cm³/mol. The van der Waals surface area contributed by atoms with Gasteiger partial charge in [0.25, 0.3) is 0 Å². The number of aryl methyl sites for hydroxylation is 1. The largest absolute Gasteiger partial charge is 0.457 e. The van der Waals surface area contributed by atoms with Crippen molar-refractivity contribution in [2.45, 2.75) is 13.0 Å². The summed E-state index contributed by atoms with van der Waals surface area (Å²) in [5.74, 6) is 1.27. The van der Waals surface area contributed by atoms with E-state index in [1.54, 1.807) is 6.07 Å². The number of rotatable bonds is 2. The zero-order valence-electron chi connectivity index (χ0n) is 10.8. The molecule has 0 bridgehead atoms. The third-order valence-electron chi connectivity index (χ3n) is 3.26. The molecule has 1 unspecified atom stereocenters. The van der Waals surface area contributed by atoms with E-state index in [0.29, 0.717) is 5.75 Å². The molecule has 0 radical (unpaired) electrons. The number of nitrogens with two attached hydrogens (primary N) is 1. The summed E-state index contributed by atoms with van der Waals surface area (Å²) < 4.78 is 6.86. The van der Waals surface area contributed by atoms with Gasteiger partial charge < -0.3 is 15.8 Å². The Balaban J connectivity index is 1.90. The van der Waals surface area contributed by atoms with Crippen molar-refractivity contribution in [3.63, 3.8) is 0 Å². The third-order valence-corrected chi connectivity index (χ3v) is 3.76. The van der Waals surface area contributed by atoms with Gasteiger partial charge in [0.1, 0.15) is 17.5 Å². The molecule has 2 aromatic rings. The third kappa shape index (κ3) is 2.30. The van der Waals surface area contributed by atoms with Gasteiger partial charge in [0.2, 0.25) is 5.91 Å². The number of anilines is 1. The zero-order valence-corrected chi connectivity index (χ0v) is 12.4. The highest BCUT2D eigenvalue weighted by molar-refractivity contribution is 9.10. The van der Waals surface area contributed by atoms with Gasteiger partial charge in [0, 0.05) is 21.8 Å². The maximum Gasteiger partial charge on any atom is 0.245 e. The molecule has 0 aromatic heterocycles. The van der Waals surface area contributed by atoms with Crippen molar-refractivity contribution in [2.75, 3.05) is 5.32 Å². The fourth-order valence-corrected chi connectivity index (χ4v) is 2.66. The van der Waals surface area contributed by atoms with E-state index in [0.717, 1.165) is 27.0 Å². The Morgan fingerprint density at radius 2 is 2.05 bits per heavy atom. The van der Waals surface area contributed by atoms with Gasteiger partial charge in [-0.3, -0.25) is 4.79 Å². The number of carbonyl (C=O) groups excluding carboxylic acids is 1. The van der Waals surface area contributed by atoms with E-state index in [-0.39, 0.29) is 5.91 Å². The Morgan fingerprint density at radius 3 is 2.80 bits per heavy atom. The molecule has 1 aliphatic heterocycles. The average Bonchev–Trinajstić information content (AvgIpc) is 2.68. The molecule has 5 heteroatoms. The number of hydrogen-bond acceptors (Lipinski definition) is 3. The van der Waals surface area contributed by atoms with Gasteiger partial charge >= 0.3 is 0 Å². The molecule has 0 fully saturated rings. The highest BCUT2D eigenvalue weighted by Gasteiger charge is 2.27. The summed E-state index contributed by atoms with van der Waals surface area (Å²) in [5, 5.41) is 2.75. The summed E-state index contributed by atoms with van der Waals surface area (Å²) in [7, 11) is 0. The van der Waals surface area contributed by atoms with Gasteiger partial charge in [-0.15, -0.1) is 0 Å². The maximum absolute atomic E-state index is 11.5. The van der Waals surface area contributed by atoms with E-state index in [1.807, 2.05) is 37.3 Å². The minimum absolute atomic E-state index is 0.183. The number of hydrogen-bond donors (Lipinski definition) is 2. The quantitative estimate of drug-likeness (QED) is 0.884. The monoisotopic (exact) mass is 332 g/mol. The number of fused-ring (bicyclic) bond motifs is 1. The summed E-state index contributed by atoms with van der Waals surface area (Å²) in [6.45, 7) is 1.98. The summed E-state index contributed by atoms with van der Waals surface area (Å²) in [4.78, 5) is 11.5. The molecule has 0 saturated carbocycles. The fraction of sp³-hybridized carbons (Fsp3) is 0.133. The normalized spacial score (nSPS) is 16.8. The minimum atomic E-state index is -0.589. The van der Waals surface area contributed by atoms with Gasteiger partial charge in [-0.25, -0.2) is 0 Å². The molecule has 1 atom stereocenters. The van der Waals surface area contributed by atoms with Crippen LogP contribution in [0.5, 0.6) is 11.5 Å². The Kier molecular flexibility index (Phi) is 3.23. The van der Waals surface area contributed by atoms with E-state index in [4.69, 9.17) is 10.5 Å². The van der Waals surface area contributed by atoms with E-state index >= 15 is 0 Å². The number of nitrogens with one attached hydrogen (secondary N) is 1. The van der Waals surface area contributed by atoms with Gasteiger partial charge in [-0.1, -0.05) is 22.0 Å². The Hall–Kier alpha value is -1.85. The second-order valence-corrected chi connectivity index (χ2v) is 5.64. The molecule has 0 spiro atoms. The zero-order chi connectivity index (χ0) is 14.3. The number of benzene rings is 2. The molecular formula is C15H13BrN2O2. The molecule has 1 heterocycles. The van der Waals surface area contributed by atoms with E-state index in [2.05, 4.69) is 21.2 Å². The van der Waals surface area contributed by atoms with Gasteiger partial charge in [0.05, 0.1) is 0 Å². The number of carbonyl (C=O) groups is 1. The fourth-order valence-electron chi connectivity index (χ4n) is 2.18. The minimum Gasteiger partial charge on any atom is -0.457 e. The molecule has 102 valence electrons. The van der Waals surface area contributed by atoms with Crippen LogP contribution in [0.3, 0.4) is 0 Å². The lowest BCUT2D eigenvalue weighted by Gasteiger charge is -2.10. The van der Waals surface area contributed by atoms with Crippen LogP contribution in [-0.4, -0.2) is 5.91 Å². The molecule has 3 N–H and O–H groups in total. The van der Waals surface area contributed by atoms with Gasteiger partial charge in [-0.05, 0) is 36.8 Å². The summed E-state index contributed by atoms with van der Waals surface area (Å²) in [6.07, 6.45) is 0. The summed E-state index contributed by atoms with van der Waals surface area (Å²) >= 11 is 3.42. The molecule has 1 amide bonds. The summed E-state index contributed by atoms with van der Waals surface area (Å²) in [5.41, 5.74) is 8.32. The van der Waals surface area contributed by atoms with Crippen LogP contribution < -0.4 is 15.8 Å². The van der Waals surface area contributed by atoms with Crippen molar-refractivity contribution < 1.29 is 9.53 Å². The SMILES string of the molecule is Cc1cc(Br)ccc1Oc1ccc2c(c1)NC(=O)C2N. The molecule has 20 heavy (non-hydrogen) atoms. The number of ether oxygens (including phenoxy) is 1. The van der Waals surface area contributed by atoms with Crippen LogP contribution >= 0.6 is 15.9 Å². The van der Waals surface area contributed by atoms with Crippen LogP contribution in [0.15, 0.2) is 40.9 Å². The molecule has 4 nitrogen and oxygen atoms in total. The molecule has 2 aromatic carbocycles. The van der Waals surface area contributed by atoms with Crippen LogP contribution in [0.25, 0.3) is 0 Å². The van der Waals surface area contributed by atoms with Crippen molar-refractivity contribution in [3.8, 4) is 11.5 Å². The van der Waals surface area contributed by atoms with Crippen LogP contribution in [0.4, 0.5) is 5.69 Å². The Labute approximate surface area is 125 Å². The second kappa shape index (κ2) is 4.92. The first-order chi connectivity index (χ1) is 9.54. The highest BCUT2D eigenvalue weighted by atomic mass is 79.9. The standard InChI is InChI=1S/C15H13BrN2O2/c1-8-6-9(16)2-5-13(8)20-10-3-4-11-12(7-10)18-15(19)14(11)17/h2-7,14H,17H2,1H3,(H,18,19). The van der Waals surface area contributed by atoms with Crippen LogP contribution in [-0.2, 0) is 4.79 Å². The van der Waals surface area contributed by atoms with E-state index in [1.165, 1.54) is 0 Å². The molecule has 0 saturated heterocycles. The number of halogens is 1. The summed E-state index contributed by atoms with van der Waals surface area (Å²) in [6, 6.07) is 10.7. The predicted octanol–water partition coefficient (Wildman–Crippen LogP) is 3.50. The second-order valence-electron chi connectivity index (χ2n) is 4.73. The van der Waals surface area contributed by atoms with E-state index < -0.39 is 6.04 Å². The van der Waals surface area contributed by atoms with Crippen LogP contribution in [0.1, 0.15) is 17.2 Å². The topological polar surface area (TPSA) is 64.3 Å². The van der Waals surface area contributed by atoms with Crippen molar-refractivity contribution in [1.82, 2.24) is 0 Å². The molecular weight excluding hydrogens is 320 g/mol. The van der Waals surface area contributed by atoms with Crippen molar-refractivity contribution >= 4 is 27.5 Å². The molecule has 3 rings (SSSR count). The smallest absolute Gasteiger partial charge is 0.245 e.